The molecule has 1 unspecified atom stereocenters. The fraction of sp³-hybridized carbons (Fsp3) is 0.545. The minimum atomic E-state index is 0. The SMILES string of the molecule is Cc1ncc(-c2noc(C3CCCNC3)n2)s1.Cl. The summed E-state index contributed by atoms with van der Waals surface area (Å²) in [6.45, 7) is 4.00. The molecular weight excluding hydrogens is 272 g/mol. The number of nitrogens with one attached hydrogen (secondary N) is 1. The Labute approximate surface area is 115 Å². The molecule has 0 amide bonds. The van der Waals surface area contributed by atoms with Crippen molar-refractivity contribution in [2.75, 3.05) is 13.1 Å². The van der Waals surface area contributed by atoms with E-state index >= 15 is 0 Å². The van der Waals surface area contributed by atoms with E-state index in [1.165, 1.54) is 6.42 Å². The Morgan fingerprint density at radius 1 is 1.50 bits per heavy atom. The maximum Gasteiger partial charge on any atom is 0.231 e. The summed E-state index contributed by atoms with van der Waals surface area (Å²) in [6.07, 6.45) is 4.09. The Morgan fingerprint density at radius 2 is 2.39 bits per heavy atom. The predicted octanol–water partition coefficient (Wildman–Crippen LogP) is 2.39. The molecule has 1 aliphatic rings. The van der Waals surface area contributed by atoms with Crippen LogP contribution in [0.2, 0.25) is 0 Å². The highest BCUT2D eigenvalue weighted by Crippen LogP contribution is 2.27. The molecule has 0 aromatic carbocycles. The van der Waals surface area contributed by atoms with Crippen LogP contribution in [-0.2, 0) is 0 Å². The Hall–Kier alpha value is -0.980. The summed E-state index contributed by atoms with van der Waals surface area (Å²) in [5, 5.41) is 8.40. The lowest BCUT2D eigenvalue weighted by molar-refractivity contribution is 0.322. The quantitative estimate of drug-likeness (QED) is 0.918. The second kappa shape index (κ2) is 5.77. The zero-order chi connectivity index (χ0) is 11.7. The van der Waals surface area contributed by atoms with E-state index in [1.54, 1.807) is 17.5 Å². The monoisotopic (exact) mass is 286 g/mol. The highest BCUT2D eigenvalue weighted by atomic mass is 35.5. The van der Waals surface area contributed by atoms with Crippen LogP contribution in [0.25, 0.3) is 10.7 Å². The van der Waals surface area contributed by atoms with Crippen LogP contribution < -0.4 is 5.32 Å². The van der Waals surface area contributed by atoms with Crippen LogP contribution in [0.5, 0.6) is 0 Å². The molecule has 2 aromatic heterocycles. The molecule has 2 aromatic rings. The maximum atomic E-state index is 5.35. The first-order valence-electron chi connectivity index (χ1n) is 5.80. The van der Waals surface area contributed by atoms with Gasteiger partial charge in [0, 0.05) is 12.7 Å². The van der Waals surface area contributed by atoms with E-state index in [1.807, 2.05) is 6.92 Å². The van der Waals surface area contributed by atoms with Gasteiger partial charge in [0.15, 0.2) is 0 Å². The fourth-order valence-electron chi connectivity index (χ4n) is 2.03. The normalized spacial score (nSPS) is 19.5. The number of thiazole rings is 1. The van der Waals surface area contributed by atoms with E-state index < -0.39 is 0 Å². The van der Waals surface area contributed by atoms with Gasteiger partial charge in [-0.3, -0.25) is 0 Å². The van der Waals surface area contributed by atoms with Crippen molar-refractivity contribution in [2.24, 2.45) is 0 Å². The molecule has 0 radical (unpaired) electrons. The average molecular weight is 287 g/mol. The summed E-state index contributed by atoms with van der Waals surface area (Å²) in [5.41, 5.74) is 0. The molecular formula is C11H15ClN4OS. The third-order valence-electron chi connectivity index (χ3n) is 2.93. The van der Waals surface area contributed by atoms with Crippen molar-refractivity contribution in [1.29, 1.82) is 0 Å². The van der Waals surface area contributed by atoms with Crippen molar-refractivity contribution in [1.82, 2.24) is 20.4 Å². The summed E-state index contributed by atoms with van der Waals surface area (Å²) in [7, 11) is 0. The van der Waals surface area contributed by atoms with Crippen LogP contribution in [0, 0.1) is 6.92 Å². The Kier molecular flexibility index (Phi) is 4.31. The summed E-state index contributed by atoms with van der Waals surface area (Å²) < 4.78 is 5.35. The zero-order valence-corrected chi connectivity index (χ0v) is 11.7. The Balaban J connectivity index is 0.00000120. The minimum absolute atomic E-state index is 0. The first-order chi connectivity index (χ1) is 8.33. The molecule has 1 fully saturated rings. The largest absolute Gasteiger partial charge is 0.339 e. The van der Waals surface area contributed by atoms with Gasteiger partial charge in [0.05, 0.1) is 15.8 Å². The van der Waals surface area contributed by atoms with Crippen LogP contribution in [0.1, 0.15) is 29.7 Å². The highest BCUT2D eigenvalue weighted by Gasteiger charge is 2.22. The smallest absolute Gasteiger partial charge is 0.231 e. The fourth-order valence-corrected chi connectivity index (χ4v) is 2.73. The molecule has 1 saturated heterocycles. The lowest BCUT2D eigenvalue weighted by Crippen LogP contribution is -2.28. The van der Waals surface area contributed by atoms with E-state index in [0.29, 0.717) is 11.7 Å². The predicted molar refractivity (Wildman–Crippen MR) is 72.2 cm³/mol. The molecule has 0 aliphatic carbocycles. The average Bonchev–Trinajstić information content (AvgIpc) is 2.98. The first kappa shape index (κ1) is 13.5. The van der Waals surface area contributed by atoms with E-state index in [2.05, 4.69) is 20.4 Å². The van der Waals surface area contributed by atoms with Crippen molar-refractivity contribution in [3.8, 4) is 10.7 Å². The second-order valence-electron chi connectivity index (χ2n) is 4.24. The van der Waals surface area contributed by atoms with E-state index in [4.69, 9.17) is 4.52 Å². The number of piperidine rings is 1. The molecule has 5 nitrogen and oxygen atoms in total. The molecule has 0 bridgehead atoms. The van der Waals surface area contributed by atoms with Gasteiger partial charge in [0.2, 0.25) is 11.7 Å². The molecule has 0 saturated carbocycles. The molecule has 3 heterocycles. The van der Waals surface area contributed by atoms with Gasteiger partial charge >= 0.3 is 0 Å². The number of aromatic nitrogens is 3. The Morgan fingerprint density at radius 3 is 3.06 bits per heavy atom. The van der Waals surface area contributed by atoms with Crippen LogP contribution in [-0.4, -0.2) is 28.2 Å². The summed E-state index contributed by atoms with van der Waals surface area (Å²) in [4.78, 5) is 9.64. The topological polar surface area (TPSA) is 63.8 Å². The van der Waals surface area contributed by atoms with Gasteiger partial charge in [-0.15, -0.1) is 23.7 Å². The second-order valence-corrected chi connectivity index (χ2v) is 5.48. The zero-order valence-electron chi connectivity index (χ0n) is 10.0. The number of aryl methyl sites for hydroxylation is 1. The molecule has 3 rings (SSSR count). The Bertz CT molecular complexity index is 507. The van der Waals surface area contributed by atoms with Crippen molar-refractivity contribution in [2.45, 2.75) is 25.7 Å². The molecule has 7 heteroatoms. The number of nitrogens with zero attached hydrogens (tertiary/aromatic N) is 3. The summed E-state index contributed by atoms with van der Waals surface area (Å²) >= 11 is 1.59. The van der Waals surface area contributed by atoms with Crippen LogP contribution in [0.4, 0.5) is 0 Å². The van der Waals surface area contributed by atoms with E-state index in [0.717, 1.165) is 35.3 Å². The highest BCUT2D eigenvalue weighted by molar-refractivity contribution is 7.14. The molecule has 1 N–H and O–H groups in total. The number of hydrogen-bond donors (Lipinski definition) is 1. The van der Waals surface area contributed by atoms with E-state index in [-0.39, 0.29) is 12.4 Å². The van der Waals surface area contributed by atoms with Gasteiger partial charge in [-0.05, 0) is 26.3 Å². The van der Waals surface area contributed by atoms with Crippen LogP contribution >= 0.6 is 23.7 Å². The third-order valence-corrected chi connectivity index (χ3v) is 3.84. The molecule has 98 valence electrons. The first-order valence-corrected chi connectivity index (χ1v) is 6.62. The third kappa shape index (κ3) is 2.71. The van der Waals surface area contributed by atoms with Gasteiger partial charge in [-0.2, -0.15) is 4.98 Å². The van der Waals surface area contributed by atoms with Crippen LogP contribution in [0.15, 0.2) is 10.7 Å². The lowest BCUT2D eigenvalue weighted by atomic mass is 10.00. The van der Waals surface area contributed by atoms with Gasteiger partial charge in [-0.1, -0.05) is 5.16 Å². The minimum Gasteiger partial charge on any atom is -0.339 e. The standard InChI is InChI=1S/C11H14N4OS.ClH/c1-7-13-6-9(17-7)10-14-11(16-15-10)8-3-2-4-12-5-8;/h6,8,12H,2-5H2,1H3;1H. The molecule has 18 heavy (non-hydrogen) atoms. The van der Waals surface area contributed by atoms with Gasteiger partial charge < -0.3 is 9.84 Å². The van der Waals surface area contributed by atoms with Crippen molar-refractivity contribution >= 4 is 23.7 Å². The number of halogens is 1. The summed E-state index contributed by atoms with van der Waals surface area (Å²) in [6, 6.07) is 0. The van der Waals surface area contributed by atoms with Gasteiger partial charge in [-0.25, -0.2) is 4.98 Å². The van der Waals surface area contributed by atoms with Crippen LogP contribution in [0.3, 0.4) is 0 Å². The number of rotatable bonds is 2. The van der Waals surface area contributed by atoms with Crippen molar-refractivity contribution < 1.29 is 4.52 Å². The summed E-state index contributed by atoms with van der Waals surface area (Å²) in [5.74, 6) is 1.77. The lowest BCUT2D eigenvalue weighted by Gasteiger charge is -2.18. The van der Waals surface area contributed by atoms with Crippen molar-refractivity contribution in [3.05, 3.63) is 17.1 Å². The molecule has 1 atom stereocenters. The van der Waals surface area contributed by atoms with Crippen molar-refractivity contribution in [3.63, 3.8) is 0 Å². The van der Waals surface area contributed by atoms with Gasteiger partial charge in [0.1, 0.15) is 0 Å². The molecule has 1 aliphatic heterocycles. The maximum absolute atomic E-state index is 5.35. The number of hydrogen-bond acceptors (Lipinski definition) is 6. The van der Waals surface area contributed by atoms with Gasteiger partial charge in [0.25, 0.3) is 0 Å². The molecule has 0 spiro atoms. The van der Waals surface area contributed by atoms with E-state index in [9.17, 15) is 0 Å².